The second kappa shape index (κ2) is 5.60. The molecule has 7 heteroatoms. The fraction of sp³-hybridized carbons (Fsp3) is 0.333. The van der Waals surface area contributed by atoms with Crippen LogP contribution in [0.15, 0.2) is 27.4 Å². The molecule has 1 heterocycles. The number of aromatic nitrogens is 1. The molecule has 2 aromatic rings. The molecular formula is C12H13NO5S. The van der Waals surface area contributed by atoms with Crippen LogP contribution >= 0.6 is 11.8 Å². The number of hydrogen-bond donors (Lipinski definition) is 3. The topological polar surface area (TPSA) is 104 Å². The third kappa shape index (κ3) is 3.25. The van der Waals surface area contributed by atoms with Gasteiger partial charge in [-0.15, -0.1) is 0 Å². The van der Waals surface area contributed by atoms with Gasteiger partial charge in [-0.25, -0.2) is 4.79 Å². The molecule has 0 aliphatic carbocycles. The van der Waals surface area contributed by atoms with Crippen molar-refractivity contribution in [2.75, 3.05) is 5.75 Å². The van der Waals surface area contributed by atoms with Gasteiger partial charge in [-0.05, 0) is 17.7 Å². The molecule has 102 valence electrons. The lowest BCUT2D eigenvalue weighted by atomic mass is 10.1. The van der Waals surface area contributed by atoms with Crippen molar-refractivity contribution in [3.8, 4) is 0 Å². The summed E-state index contributed by atoms with van der Waals surface area (Å²) in [4.78, 5) is 24.3. The van der Waals surface area contributed by atoms with Crippen LogP contribution in [-0.2, 0) is 4.79 Å². The molecule has 19 heavy (non-hydrogen) atoms. The van der Waals surface area contributed by atoms with E-state index in [2.05, 4.69) is 4.98 Å². The fourth-order valence-corrected chi connectivity index (χ4v) is 2.25. The lowest BCUT2D eigenvalue weighted by Gasteiger charge is -2.17. The van der Waals surface area contributed by atoms with Crippen molar-refractivity contribution in [2.45, 2.75) is 19.1 Å². The minimum Gasteiger partial charge on any atom is -0.408 e. The Bertz CT molecular complexity index is 647. The molecule has 2 unspecified atom stereocenters. The molecule has 3 N–H and O–H groups in total. The van der Waals surface area contributed by atoms with Gasteiger partial charge in [0.05, 0.1) is 11.6 Å². The molecule has 0 amide bonds. The minimum atomic E-state index is -1.14. The van der Waals surface area contributed by atoms with E-state index in [0.29, 0.717) is 16.7 Å². The lowest BCUT2D eigenvalue weighted by molar-refractivity contribution is -0.109. The van der Waals surface area contributed by atoms with Crippen molar-refractivity contribution in [3.05, 3.63) is 34.3 Å². The minimum absolute atomic E-state index is 0.103. The molecule has 1 aromatic carbocycles. The fourth-order valence-electron chi connectivity index (χ4n) is 1.66. The van der Waals surface area contributed by atoms with Crippen molar-refractivity contribution in [1.82, 2.24) is 4.98 Å². The molecule has 6 nitrogen and oxygen atoms in total. The molecule has 0 spiro atoms. The van der Waals surface area contributed by atoms with Gasteiger partial charge < -0.3 is 14.6 Å². The van der Waals surface area contributed by atoms with Crippen molar-refractivity contribution in [1.29, 1.82) is 0 Å². The zero-order valence-corrected chi connectivity index (χ0v) is 10.9. The SMILES string of the molecule is CC(=O)SCC(O)C(O)c1ccc2[nH]c(=O)oc2c1. The van der Waals surface area contributed by atoms with Gasteiger partial charge >= 0.3 is 5.76 Å². The maximum absolute atomic E-state index is 11.0. The first-order chi connectivity index (χ1) is 8.97. The average molecular weight is 283 g/mol. The molecule has 0 aliphatic heterocycles. The summed E-state index contributed by atoms with van der Waals surface area (Å²) in [6.07, 6.45) is -2.21. The Morgan fingerprint density at radius 2 is 2.21 bits per heavy atom. The molecule has 2 atom stereocenters. The molecular weight excluding hydrogens is 270 g/mol. The normalized spacial score (nSPS) is 14.5. The highest BCUT2D eigenvalue weighted by atomic mass is 32.2. The number of thioether (sulfide) groups is 1. The van der Waals surface area contributed by atoms with Crippen LogP contribution in [0.1, 0.15) is 18.6 Å². The first kappa shape index (κ1) is 13.9. The lowest BCUT2D eigenvalue weighted by Crippen LogP contribution is -2.21. The van der Waals surface area contributed by atoms with E-state index in [1.54, 1.807) is 12.1 Å². The summed E-state index contributed by atoms with van der Waals surface area (Å²) in [6.45, 7) is 1.39. The smallest absolute Gasteiger partial charge is 0.408 e. The van der Waals surface area contributed by atoms with Gasteiger partial charge in [0.1, 0.15) is 6.10 Å². The quantitative estimate of drug-likeness (QED) is 0.766. The summed E-state index contributed by atoms with van der Waals surface area (Å²) in [5.41, 5.74) is 1.26. The van der Waals surface area contributed by atoms with Gasteiger partial charge in [0.25, 0.3) is 0 Å². The van der Waals surface area contributed by atoms with E-state index in [9.17, 15) is 19.8 Å². The zero-order chi connectivity index (χ0) is 14.0. The maximum Gasteiger partial charge on any atom is 0.417 e. The second-order valence-electron chi connectivity index (χ2n) is 4.08. The van der Waals surface area contributed by atoms with Crippen molar-refractivity contribution in [2.24, 2.45) is 0 Å². The number of carbonyl (C=O) groups excluding carboxylic acids is 1. The first-order valence-electron chi connectivity index (χ1n) is 5.59. The van der Waals surface area contributed by atoms with Gasteiger partial charge in [0, 0.05) is 12.7 Å². The maximum atomic E-state index is 11.0. The molecule has 0 saturated carbocycles. The number of oxazole rings is 1. The van der Waals surface area contributed by atoms with Crippen LogP contribution in [0.3, 0.4) is 0 Å². The Morgan fingerprint density at radius 3 is 2.89 bits per heavy atom. The number of rotatable bonds is 4. The third-order valence-electron chi connectivity index (χ3n) is 2.61. The molecule has 2 rings (SSSR count). The van der Waals surface area contributed by atoms with E-state index in [4.69, 9.17) is 4.42 Å². The predicted molar refractivity (Wildman–Crippen MR) is 70.9 cm³/mol. The summed E-state index contributed by atoms with van der Waals surface area (Å²) in [7, 11) is 0. The Kier molecular flexibility index (Phi) is 4.08. The highest BCUT2D eigenvalue weighted by molar-refractivity contribution is 8.13. The van der Waals surface area contributed by atoms with E-state index in [0.717, 1.165) is 11.8 Å². The second-order valence-corrected chi connectivity index (χ2v) is 5.28. The number of aliphatic hydroxyl groups excluding tert-OH is 2. The van der Waals surface area contributed by atoms with E-state index in [-0.39, 0.29) is 10.9 Å². The largest absolute Gasteiger partial charge is 0.417 e. The zero-order valence-electron chi connectivity index (χ0n) is 10.1. The van der Waals surface area contributed by atoms with Crippen LogP contribution in [0.5, 0.6) is 0 Å². The number of H-pyrrole nitrogens is 1. The molecule has 0 aliphatic rings. The molecule has 0 bridgehead atoms. The van der Waals surface area contributed by atoms with Crippen LogP contribution in [0, 0.1) is 0 Å². The summed E-state index contributed by atoms with van der Waals surface area (Å²) in [6, 6.07) is 4.66. The van der Waals surface area contributed by atoms with Crippen molar-refractivity contribution >= 4 is 28.0 Å². The average Bonchev–Trinajstić information content (AvgIpc) is 2.73. The number of fused-ring (bicyclic) bond motifs is 1. The van der Waals surface area contributed by atoms with Gasteiger partial charge in [-0.3, -0.25) is 9.78 Å². The number of aromatic amines is 1. The van der Waals surface area contributed by atoms with Gasteiger partial charge in [-0.2, -0.15) is 0 Å². The Labute approximate surface area is 112 Å². The van der Waals surface area contributed by atoms with Crippen LogP contribution < -0.4 is 5.76 Å². The molecule has 0 saturated heterocycles. The number of hydrogen-bond acceptors (Lipinski definition) is 6. The molecule has 1 aromatic heterocycles. The summed E-state index contributed by atoms with van der Waals surface area (Å²) >= 11 is 0.942. The molecule has 0 fully saturated rings. The van der Waals surface area contributed by atoms with Crippen LogP contribution in [0.25, 0.3) is 11.1 Å². The van der Waals surface area contributed by atoms with Crippen LogP contribution in [0.2, 0.25) is 0 Å². The number of carbonyl (C=O) groups is 1. The van der Waals surface area contributed by atoms with Gasteiger partial charge in [0.15, 0.2) is 10.7 Å². The Hall–Kier alpha value is -1.57. The van der Waals surface area contributed by atoms with Crippen LogP contribution in [0.4, 0.5) is 0 Å². The van der Waals surface area contributed by atoms with E-state index in [1.807, 2.05) is 0 Å². The van der Waals surface area contributed by atoms with Gasteiger partial charge in [-0.1, -0.05) is 17.8 Å². The Morgan fingerprint density at radius 1 is 1.47 bits per heavy atom. The summed E-state index contributed by atoms with van der Waals surface area (Å²) in [5, 5.41) is 19.6. The molecule has 0 radical (unpaired) electrons. The Balaban J connectivity index is 2.18. The number of benzene rings is 1. The summed E-state index contributed by atoms with van der Waals surface area (Å²) in [5.74, 6) is -0.472. The highest BCUT2D eigenvalue weighted by Gasteiger charge is 2.20. The predicted octanol–water partition coefficient (Wildman–Crippen LogP) is 0.795. The van der Waals surface area contributed by atoms with Crippen molar-refractivity contribution in [3.63, 3.8) is 0 Å². The van der Waals surface area contributed by atoms with E-state index >= 15 is 0 Å². The standard InChI is InChI=1S/C12H13NO5S/c1-6(14)19-5-9(15)11(16)7-2-3-8-10(4-7)18-12(17)13-8/h2-4,9,11,15-16H,5H2,1H3,(H,13,17). The highest BCUT2D eigenvalue weighted by Crippen LogP contribution is 2.23. The number of nitrogens with one attached hydrogen (secondary N) is 1. The third-order valence-corrected chi connectivity index (χ3v) is 3.52. The van der Waals surface area contributed by atoms with Gasteiger partial charge in [0.2, 0.25) is 0 Å². The van der Waals surface area contributed by atoms with E-state index < -0.39 is 18.0 Å². The van der Waals surface area contributed by atoms with Crippen LogP contribution in [-0.4, -0.2) is 32.2 Å². The number of aliphatic hydroxyl groups is 2. The van der Waals surface area contributed by atoms with E-state index in [1.165, 1.54) is 13.0 Å². The first-order valence-corrected chi connectivity index (χ1v) is 6.58. The van der Waals surface area contributed by atoms with Crippen molar-refractivity contribution < 1.29 is 19.4 Å². The summed E-state index contributed by atoms with van der Waals surface area (Å²) < 4.78 is 4.87. The monoisotopic (exact) mass is 283 g/mol.